The van der Waals surface area contributed by atoms with E-state index < -0.39 is 0 Å². The molecule has 0 heterocycles. The predicted octanol–water partition coefficient (Wildman–Crippen LogP) is 3.95. The van der Waals surface area contributed by atoms with Gasteiger partial charge in [0.15, 0.2) is 5.78 Å². The molecule has 2 nitrogen and oxygen atoms in total. The van der Waals surface area contributed by atoms with Gasteiger partial charge in [0.2, 0.25) is 0 Å². The molecule has 1 atom stereocenters. The van der Waals surface area contributed by atoms with Crippen LogP contribution >= 0.6 is 11.8 Å². The number of aryl methyl sites for hydroxylation is 2. The van der Waals surface area contributed by atoms with Crippen LogP contribution in [0.4, 0.5) is 0 Å². The molecule has 1 rings (SSSR count). The maximum absolute atomic E-state index is 12.3. The molecule has 1 aromatic carbocycles. The molecular formula is C17H27NOS. The smallest absolute Gasteiger partial charge is 0.164 e. The first kappa shape index (κ1) is 17.3. The molecule has 0 aromatic heterocycles. The van der Waals surface area contributed by atoms with E-state index in [0.29, 0.717) is 12.5 Å². The van der Waals surface area contributed by atoms with Gasteiger partial charge in [-0.25, -0.2) is 0 Å². The van der Waals surface area contributed by atoms with E-state index in [1.807, 2.05) is 37.7 Å². The molecule has 0 radical (unpaired) electrons. The summed E-state index contributed by atoms with van der Waals surface area (Å²) in [5.41, 5.74) is 3.18. The van der Waals surface area contributed by atoms with Crippen LogP contribution in [0.1, 0.15) is 41.3 Å². The van der Waals surface area contributed by atoms with E-state index in [1.165, 1.54) is 12.2 Å². The molecule has 0 bridgehead atoms. The summed E-state index contributed by atoms with van der Waals surface area (Å²) in [5.74, 6) is 1.43. The Kier molecular flexibility index (Phi) is 7.31. The molecule has 3 heteroatoms. The number of rotatable bonds is 8. The topological polar surface area (TPSA) is 20.3 Å². The van der Waals surface area contributed by atoms with Crippen LogP contribution in [-0.4, -0.2) is 42.3 Å². The molecular weight excluding hydrogens is 266 g/mol. The quantitative estimate of drug-likeness (QED) is 0.677. The van der Waals surface area contributed by atoms with Crippen LogP contribution in [0, 0.1) is 13.8 Å². The van der Waals surface area contributed by atoms with Crippen molar-refractivity contribution in [3.63, 3.8) is 0 Å². The number of ketones is 1. The van der Waals surface area contributed by atoms with Gasteiger partial charge in [0.25, 0.3) is 0 Å². The summed E-state index contributed by atoms with van der Waals surface area (Å²) in [4.78, 5) is 14.5. The first-order valence-electron chi connectivity index (χ1n) is 7.24. The van der Waals surface area contributed by atoms with Gasteiger partial charge in [-0.05, 0) is 58.4 Å². The number of carbonyl (C=O) groups excluding carboxylic acids is 1. The van der Waals surface area contributed by atoms with Crippen molar-refractivity contribution in [3.05, 3.63) is 34.9 Å². The van der Waals surface area contributed by atoms with Crippen LogP contribution < -0.4 is 0 Å². The van der Waals surface area contributed by atoms with Gasteiger partial charge in [-0.15, -0.1) is 0 Å². The molecule has 1 aromatic rings. The van der Waals surface area contributed by atoms with Crippen molar-refractivity contribution in [2.75, 3.05) is 25.6 Å². The van der Waals surface area contributed by atoms with Crippen LogP contribution in [0.25, 0.3) is 0 Å². The lowest BCUT2D eigenvalue weighted by molar-refractivity contribution is 0.0961. The second kappa shape index (κ2) is 8.48. The number of Topliss-reactive ketones (excluding diaryl/α,β-unsaturated/α-hetero) is 1. The summed E-state index contributed by atoms with van der Waals surface area (Å²) in [6, 6.07) is 6.63. The van der Waals surface area contributed by atoms with Crippen molar-refractivity contribution in [2.45, 2.75) is 39.7 Å². The van der Waals surface area contributed by atoms with Gasteiger partial charge < -0.3 is 4.90 Å². The van der Waals surface area contributed by atoms with Crippen molar-refractivity contribution >= 4 is 17.5 Å². The molecule has 0 aliphatic rings. The average Bonchev–Trinajstić information content (AvgIpc) is 2.40. The lowest BCUT2D eigenvalue weighted by Crippen LogP contribution is -2.31. The summed E-state index contributed by atoms with van der Waals surface area (Å²) < 4.78 is 0. The minimum Gasteiger partial charge on any atom is -0.303 e. The highest BCUT2D eigenvalue weighted by molar-refractivity contribution is 7.98. The fourth-order valence-electron chi connectivity index (χ4n) is 2.29. The zero-order valence-corrected chi connectivity index (χ0v) is 14.2. The summed E-state index contributed by atoms with van der Waals surface area (Å²) in [5, 5.41) is 0. The van der Waals surface area contributed by atoms with Crippen LogP contribution in [-0.2, 0) is 0 Å². The number of carbonyl (C=O) groups is 1. The van der Waals surface area contributed by atoms with Crippen molar-refractivity contribution in [1.29, 1.82) is 0 Å². The Morgan fingerprint density at radius 1 is 1.25 bits per heavy atom. The molecule has 0 saturated heterocycles. The monoisotopic (exact) mass is 293 g/mol. The summed E-state index contributed by atoms with van der Waals surface area (Å²) in [6.07, 6.45) is 3.91. The summed E-state index contributed by atoms with van der Waals surface area (Å²) in [7, 11) is 2.11. The van der Waals surface area contributed by atoms with Crippen molar-refractivity contribution in [3.8, 4) is 0 Å². The number of hydrogen-bond acceptors (Lipinski definition) is 3. The molecule has 0 aliphatic carbocycles. The third-order valence-corrected chi connectivity index (χ3v) is 4.37. The van der Waals surface area contributed by atoms with Gasteiger partial charge in [0.05, 0.1) is 0 Å². The van der Waals surface area contributed by atoms with Gasteiger partial charge >= 0.3 is 0 Å². The Morgan fingerprint density at radius 2 is 1.85 bits per heavy atom. The Hall–Kier alpha value is -0.800. The molecule has 1 unspecified atom stereocenters. The Bertz CT molecular complexity index is 424. The molecule has 0 N–H and O–H groups in total. The zero-order chi connectivity index (χ0) is 15.1. The maximum Gasteiger partial charge on any atom is 0.164 e. The summed E-state index contributed by atoms with van der Waals surface area (Å²) in [6.45, 7) is 7.15. The van der Waals surface area contributed by atoms with Gasteiger partial charge in [0, 0.05) is 24.6 Å². The van der Waals surface area contributed by atoms with Gasteiger partial charge in [-0.3, -0.25) is 4.79 Å². The number of nitrogens with zero attached hydrogens (tertiary/aromatic N) is 1. The Morgan fingerprint density at radius 3 is 2.40 bits per heavy atom. The standard InChI is InChI=1S/C17H27NOS/c1-13-10-14(2)12-16(11-13)17(19)6-8-18(4)15(3)7-9-20-5/h10-12,15H,6-9H2,1-5H3. The van der Waals surface area contributed by atoms with Gasteiger partial charge in [-0.1, -0.05) is 17.2 Å². The second-order valence-corrected chi connectivity index (χ2v) is 6.65. The third kappa shape index (κ3) is 5.68. The highest BCUT2D eigenvalue weighted by Gasteiger charge is 2.12. The first-order chi connectivity index (χ1) is 9.43. The van der Waals surface area contributed by atoms with E-state index in [9.17, 15) is 4.79 Å². The minimum absolute atomic E-state index is 0.251. The van der Waals surface area contributed by atoms with E-state index in [1.54, 1.807) is 0 Å². The Balaban J connectivity index is 2.50. The molecule has 20 heavy (non-hydrogen) atoms. The first-order valence-corrected chi connectivity index (χ1v) is 8.64. The van der Waals surface area contributed by atoms with Crippen LogP contribution in [0.3, 0.4) is 0 Å². The van der Waals surface area contributed by atoms with Crippen molar-refractivity contribution in [1.82, 2.24) is 4.90 Å². The Labute approximate surface area is 127 Å². The molecule has 0 fully saturated rings. The fraction of sp³-hybridized carbons (Fsp3) is 0.588. The highest BCUT2D eigenvalue weighted by Crippen LogP contribution is 2.12. The van der Waals surface area contributed by atoms with E-state index in [2.05, 4.69) is 31.2 Å². The number of benzene rings is 1. The largest absolute Gasteiger partial charge is 0.303 e. The van der Waals surface area contributed by atoms with Crippen molar-refractivity contribution in [2.24, 2.45) is 0 Å². The third-order valence-electron chi connectivity index (χ3n) is 3.73. The molecule has 0 saturated carbocycles. The van der Waals surface area contributed by atoms with Crippen molar-refractivity contribution < 1.29 is 4.79 Å². The second-order valence-electron chi connectivity index (χ2n) is 5.66. The lowest BCUT2D eigenvalue weighted by Gasteiger charge is -2.24. The van der Waals surface area contributed by atoms with Crippen LogP contribution in [0.2, 0.25) is 0 Å². The SMILES string of the molecule is CSCCC(C)N(C)CCC(=O)c1cc(C)cc(C)c1. The molecule has 112 valence electrons. The van der Waals surface area contributed by atoms with E-state index in [4.69, 9.17) is 0 Å². The highest BCUT2D eigenvalue weighted by atomic mass is 32.2. The number of thioether (sulfide) groups is 1. The fourth-order valence-corrected chi connectivity index (χ4v) is 2.86. The normalized spacial score (nSPS) is 12.7. The number of hydrogen-bond donors (Lipinski definition) is 0. The van der Waals surface area contributed by atoms with E-state index in [0.717, 1.165) is 23.2 Å². The zero-order valence-electron chi connectivity index (χ0n) is 13.4. The van der Waals surface area contributed by atoms with Crippen LogP contribution in [0.15, 0.2) is 18.2 Å². The van der Waals surface area contributed by atoms with Gasteiger partial charge in [0.1, 0.15) is 0 Å². The lowest BCUT2D eigenvalue weighted by atomic mass is 10.0. The van der Waals surface area contributed by atoms with Gasteiger partial charge in [-0.2, -0.15) is 11.8 Å². The van der Waals surface area contributed by atoms with Crippen LogP contribution in [0.5, 0.6) is 0 Å². The average molecular weight is 293 g/mol. The summed E-state index contributed by atoms with van der Waals surface area (Å²) >= 11 is 1.88. The minimum atomic E-state index is 0.251. The molecule has 0 spiro atoms. The molecule has 0 amide bonds. The van der Waals surface area contributed by atoms with E-state index in [-0.39, 0.29) is 5.78 Å². The molecule has 0 aliphatic heterocycles. The predicted molar refractivity (Wildman–Crippen MR) is 90.0 cm³/mol. The van der Waals surface area contributed by atoms with E-state index >= 15 is 0 Å². The maximum atomic E-state index is 12.3.